The summed E-state index contributed by atoms with van der Waals surface area (Å²) in [5.41, 5.74) is 2.90. The van der Waals surface area contributed by atoms with Crippen LogP contribution in [0.3, 0.4) is 0 Å². The van der Waals surface area contributed by atoms with Crippen molar-refractivity contribution < 1.29 is 9.18 Å². The molecule has 2 heterocycles. The van der Waals surface area contributed by atoms with E-state index in [9.17, 15) is 9.18 Å². The van der Waals surface area contributed by atoms with Gasteiger partial charge in [0.15, 0.2) is 0 Å². The van der Waals surface area contributed by atoms with Gasteiger partial charge in [-0.15, -0.1) is 0 Å². The van der Waals surface area contributed by atoms with Crippen LogP contribution in [0.4, 0.5) is 10.3 Å². The van der Waals surface area contributed by atoms with Crippen LogP contribution in [0.1, 0.15) is 85.6 Å². The van der Waals surface area contributed by atoms with Crippen LogP contribution >= 0.6 is 0 Å². The predicted molar refractivity (Wildman–Crippen MR) is 158 cm³/mol. The van der Waals surface area contributed by atoms with Crippen molar-refractivity contribution in [1.82, 2.24) is 15.3 Å². The van der Waals surface area contributed by atoms with E-state index in [1.54, 1.807) is 6.20 Å². The summed E-state index contributed by atoms with van der Waals surface area (Å²) >= 11 is 0. The number of hydrogen-bond donors (Lipinski definition) is 1. The molecule has 0 spiro atoms. The Morgan fingerprint density at radius 3 is 2.55 bits per heavy atom. The SMILES string of the molecule is CC1CCCN(c2ncc(C(=O)NC(C)c3cccc4ccccc34)c(C3(c4ccc(F)cc4)CCCC3)n2)C1. The monoisotopic (exact) mass is 536 g/mol. The maximum Gasteiger partial charge on any atom is 0.255 e. The average molecular weight is 537 g/mol. The Morgan fingerprint density at radius 2 is 1.77 bits per heavy atom. The molecule has 2 atom stereocenters. The van der Waals surface area contributed by atoms with Crippen molar-refractivity contribution in [2.24, 2.45) is 5.92 Å². The molecule has 1 saturated carbocycles. The number of benzene rings is 3. The van der Waals surface area contributed by atoms with Crippen molar-refractivity contribution in [3.05, 3.63) is 101 Å². The summed E-state index contributed by atoms with van der Waals surface area (Å²) in [6.07, 6.45) is 7.83. The fraction of sp³-hybridized carbons (Fsp3) is 0.382. The zero-order valence-electron chi connectivity index (χ0n) is 23.4. The van der Waals surface area contributed by atoms with E-state index in [1.165, 1.54) is 18.6 Å². The summed E-state index contributed by atoms with van der Waals surface area (Å²) in [7, 11) is 0. The molecule has 6 heteroatoms. The van der Waals surface area contributed by atoms with Gasteiger partial charge < -0.3 is 10.2 Å². The number of amides is 1. The third kappa shape index (κ3) is 4.96. The first-order chi connectivity index (χ1) is 19.4. The Morgan fingerprint density at radius 1 is 1.02 bits per heavy atom. The van der Waals surface area contributed by atoms with Crippen LogP contribution in [0.15, 0.2) is 72.9 Å². The summed E-state index contributed by atoms with van der Waals surface area (Å²) in [6, 6.07) is 21.0. The third-order valence-corrected chi connectivity index (χ3v) is 8.91. The van der Waals surface area contributed by atoms with Crippen LogP contribution in [0.25, 0.3) is 10.8 Å². The van der Waals surface area contributed by atoms with E-state index >= 15 is 0 Å². The lowest BCUT2D eigenvalue weighted by molar-refractivity contribution is 0.0937. The number of fused-ring (bicyclic) bond motifs is 1. The van der Waals surface area contributed by atoms with Gasteiger partial charge in [0.05, 0.1) is 17.3 Å². The molecule has 2 fully saturated rings. The summed E-state index contributed by atoms with van der Waals surface area (Å²) in [4.78, 5) is 26.2. The second-order valence-electron chi connectivity index (χ2n) is 11.7. The number of carbonyl (C=O) groups excluding carboxylic acids is 1. The number of rotatable bonds is 6. The second-order valence-corrected chi connectivity index (χ2v) is 11.7. The van der Waals surface area contributed by atoms with Crippen LogP contribution in [0, 0.1) is 11.7 Å². The molecule has 5 nitrogen and oxygen atoms in total. The van der Waals surface area contributed by atoms with Gasteiger partial charge in [0, 0.05) is 24.7 Å². The molecule has 1 aliphatic carbocycles. The predicted octanol–water partition coefficient (Wildman–Crippen LogP) is 7.36. The van der Waals surface area contributed by atoms with Gasteiger partial charge in [-0.25, -0.2) is 14.4 Å². The van der Waals surface area contributed by atoms with Gasteiger partial charge in [0.2, 0.25) is 5.95 Å². The van der Waals surface area contributed by atoms with Crippen molar-refractivity contribution >= 4 is 22.6 Å². The van der Waals surface area contributed by atoms with Gasteiger partial charge in [0.25, 0.3) is 5.91 Å². The minimum Gasteiger partial charge on any atom is -0.345 e. The highest BCUT2D eigenvalue weighted by Gasteiger charge is 2.42. The van der Waals surface area contributed by atoms with Crippen LogP contribution in [0.5, 0.6) is 0 Å². The number of nitrogens with one attached hydrogen (secondary N) is 1. The van der Waals surface area contributed by atoms with E-state index in [0.29, 0.717) is 17.4 Å². The maximum atomic E-state index is 14.0. The molecular weight excluding hydrogens is 499 g/mol. The quantitative estimate of drug-likeness (QED) is 0.280. The molecule has 1 aliphatic heterocycles. The summed E-state index contributed by atoms with van der Waals surface area (Å²) in [5.74, 6) is 0.822. The second kappa shape index (κ2) is 11.0. The third-order valence-electron chi connectivity index (χ3n) is 8.91. The first kappa shape index (κ1) is 26.4. The van der Waals surface area contributed by atoms with E-state index in [-0.39, 0.29) is 17.8 Å². The number of carbonyl (C=O) groups is 1. The minimum absolute atomic E-state index is 0.178. The fourth-order valence-electron chi connectivity index (χ4n) is 6.82. The molecule has 1 N–H and O–H groups in total. The number of halogens is 1. The van der Waals surface area contributed by atoms with Gasteiger partial charge in [-0.05, 0) is 72.6 Å². The molecule has 40 heavy (non-hydrogen) atoms. The molecule has 1 saturated heterocycles. The van der Waals surface area contributed by atoms with E-state index < -0.39 is 5.41 Å². The zero-order chi connectivity index (χ0) is 27.7. The zero-order valence-corrected chi connectivity index (χ0v) is 23.4. The fourth-order valence-corrected chi connectivity index (χ4v) is 6.82. The Bertz CT molecular complexity index is 1510. The first-order valence-corrected chi connectivity index (χ1v) is 14.6. The Hall–Kier alpha value is -3.80. The molecule has 6 rings (SSSR count). The molecule has 4 aromatic rings. The van der Waals surface area contributed by atoms with E-state index in [2.05, 4.69) is 41.4 Å². The largest absolute Gasteiger partial charge is 0.345 e. The minimum atomic E-state index is -0.456. The van der Waals surface area contributed by atoms with Crippen molar-refractivity contribution in [2.45, 2.75) is 63.8 Å². The Balaban J connectivity index is 1.41. The van der Waals surface area contributed by atoms with Gasteiger partial charge in [0.1, 0.15) is 5.82 Å². The number of hydrogen-bond acceptors (Lipinski definition) is 4. The van der Waals surface area contributed by atoms with Gasteiger partial charge in [-0.2, -0.15) is 0 Å². The molecule has 2 aliphatic rings. The van der Waals surface area contributed by atoms with Crippen LogP contribution in [-0.4, -0.2) is 29.0 Å². The Kier molecular flexibility index (Phi) is 7.26. The van der Waals surface area contributed by atoms with Gasteiger partial charge >= 0.3 is 0 Å². The Labute approximate surface area is 235 Å². The topological polar surface area (TPSA) is 58.1 Å². The lowest BCUT2D eigenvalue weighted by atomic mass is 9.74. The smallest absolute Gasteiger partial charge is 0.255 e. The summed E-state index contributed by atoms with van der Waals surface area (Å²) < 4.78 is 14.0. The number of aromatic nitrogens is 2. The van der Waals surface area contributed by atoms with Crippen LogP contribution in [-0.2, 0) is 5.41 Å². The molecule has 0 radical (unpaired) electrons. The summed E-state index contributed by atoms with van der Waals surface area (Å²) in [5, 5.41) is 5.53. The molecule has 2 unspecified atom stereocenters. The van der Waals surface area contributed by atoms with Gasteiger partial charge in [-0.3, -0.25) is 4.79 Å². The first-order valence-electron chi connectivity index (χ1n) is 14.6. The highest BCUT2D eigenvalue weighted by molar-refractivity contribution is 5.96. The highest BCUT2D eigenvalue weighted by Crippen LogP contribution is 2.47. The molecule has 3 aromatic carbocycles. The molecule has 206 valence electrons. The van der Waals surface area contributed by atoms with Crippen LogP contribution < -0.4 is 10.2 Å². The lowest BCUT2D eigenvalue weighted by Gasteiger charge is -2.34. The number of anilines is 1. The van der Waals surface area contributed by atoms with Crippen molar-refractivity contribution in [1.29, 1.82) is 0 Å². The molecule has 1 amide bonds. The van der Waals surface area contributed by atoms with Gasteiger partial charge in [-0.1, -0.05) is 74.4 Å². The molecular formula is C34H37FN4O. The van der Waals surface area contributed by atoms with Crippen LogP contribution in [0.2, 0.25) is 0 Å². The van der Waals surface area contributed by atoms with E-state index in [1.807, 2.05) is 37.3 Å². The van der Waals surface area contributed by atoms with E-state index in [0.717, 1.165) is 72.8 Å². The average Bonchev–Trinajstić information content (AvgIpc) is 3.48. The summed E-state index contributed by atoms with van der Waals surface area (Å²) in [6.45, 7) is 6.11. The van der Waals surface area contributed by atoms with Crippen molar-refractivity contribution in [2.75, 3.05) is 18.0 Å². The standard InChI is InChI=1S/C34H37FN4O/c1-23-9-8-20-39(22-23)33-36-21-30(31(38-33)34(18-5-6-19-34)26-14-16-27(35)17-15-26)32(40)37-24(2)28-13-7-11-25-10-3-4-12-29(25)28/h3-4,7,10-17,21,23-24H,5-6,8-9,18-20,22H2,1-2H3,(H,37,40). The lowest BCUT2D eigenvalue weighted by Crippen LogP contribution is -2.38. The van der Waals surface area contributed by atoms with Crippen molar-refractivity contribution in [3.63, 3.8) is 0 Å². The van der Waals surface area contributed by atoms with E-state index in [4.69, 9.17) is 9.97 Å². The number of nitrogens with zero attached hydrogens (tertiary/aromatic N) is 3. The normalized spacial score (nSPS) is 19.5. The molecule has 1 aromatic heterocycles. The number of piperidine rings is 1. The maximum absolute atomic E-state index is 14.0. The highest BCUT2D eigenvalue weighted by atomic mass is 19.1. The van der Waals surface area contributed by atoms with Crippen molar-refractivity contribution in [3.8, 4) is 0 Å². The molecule has 0 bridgehead atoms.